The number of aromatic nitrogens is 2. The van der Waals surface area contributed by atoms with Crippen molar-refractivity contribution in [3.05, 3.63) is 18.0 Å². The third-order valence-corrected chi connectivity index (χ3v) is 2.42. The van der Waals surface area contributed by atoms with Gasteiger partial charge in [0.25, 0.3) is 0 Å². The van der Waals surface area contributed by atoms with Gasteiger partial charge in [0.1, 0.15) is 0 Å². The van der Waals surface area contributed by atoms with E-state index in [1.807, 2.05) is 0 Å². The molecule has 0 aliphatic heterocycles. The lowest BCUT2D eigenvalue weighted by atomic mass is 9.93. The summed E-state index contributed by atoms with van der Waals surface area (Å²) in [6.07, 6.45) is 3.21. The zero-order chi connectivity index (χ0) is 10.1. The second-order valence-electron chi connectivity index (χ2n) is 4.69. The molecule has 0 aromatic carbocycles. The first-order chi connectivity index (χ1) is 5.95. The Kier molecular flexibility index (Phi) is 2.79. The zero-order valence-electron chi connectivity index (χ0n) is 9.33. The maximum absolute atomic E-state index is 4.57. The smallest absolute Gasteiger partial charge is 0.0678 e. The van der Waals surface area contributed by atoms with E-state index in [9.17, 15) is 0 Å². The maximum Gasteiger partial charge on any atom is 0.0678 e. The summed E-state index contributed by atoms with van der Waals surface area (Å²) < 4.78 is 2.06. The quantitative estimate of drug-likeness (QED) is 0.683. The van der Waals surface area contributed by atoms with E-state index in [2.05, 4.69) is 56.7 Å². The molecule has 74 valence electrons. The van der Waals surface area contributed by atoms with E-state index in [0.29, 0.717) is 6.04 Å². The van der Waals surface area contributed by atoms with Crippen LogP contribution in [-0.2, 0) is 5.41 Å². The number of hydrogen-bond acceptors (Lipinski definition) is 1. The molecule has 0 amide bonds. The first kappa shape index (κ1) is 10.3. The highest BCUT2D eigenvalue weighted by Crippen LogP contribution is 2.21. The molecule has 2 nitrogen and oxygen atoms in total. The van der Waals surface area contributed by atoms with Gasteiger partial charge < -0.3 is 0 Å². The van der Waals surface area contributed by atoms with E-state index in [1.165, 1.54) is 5.69 Å². The van der Waals surface area contributed by atoms with Gasteiger partial charge in [0.05, 0.1) is 5.69 Å². The Bertz CT molecular complexity index is 268. The average Bonchev–Trinajstić information content (AvgIpc) is 2.50. The molecular formula is C11H20N2. The summed E-state index contributed by atoms with van der Waals surface area (Å²) >= 11 is 0. The fourth-order valence-corrected chi connectivity index (χ4v) is 1.17. The van der Waals surface area contributed by atoms with Crippen LogP contribution < -0.4 is 0 Å². The lowest BCUT2D eigenvalue weighted by molar-refractivity contribution is 0.458. The minimum atomic E-state index is 0.165. The lowest BCUT2D eigenvalue weighted by Gasteiger charge is -2.15. The van der Waals surface area contributed by atoms with Crippen LogP contribution in [0.4, 0.5) is 0 Å². The highest BCUT2D eigenvalue weighted by atomic mass is 15.3. The van der Waals surface area contributed by atoms with Crippen LogP contribution >= 0.6 is 0 Å². The SMILES string of the molecule is CCC(C)n1ccc(C(C)(C)C)n1. The fraction of sp³-hybridized carbons (Fsp3) is 0.727. The molecule has 0 saturated carbocycles. The van der Waals surface area contributed by atoms with Crippen molar-refractivity contribution in [3.63, 3.8) is 0 Å². The molecule has 0 fully saturated rings. The van der Waals surface area contributed by atoms with Gasteiger partial charge in [0, 0.05) is 17.7 Å². The standard InChI is InChI=1S/C11H20N2/c1-6-9(2)13-8-7-10(12-13)11(3,4)5/h7-9H,6H2,1-5H3. The van der Waals surface area contributed by atoms with Gasteiger partial charge in [0.15, 0.2) is 0 Å². The van der Waals surface area contributed by atoms with Crippen LogP contribution in [0.5, 0.6) is 0 Å². The van der Waals surface area contributed by atoms with Crippen molar-refractivity contribution in [2.75, 3.05) is 0 Å². The van der Waals surface area contributed by atoms with Crippen molar-refractivity contribution in [1.29, 1.82) is 0 Å². The zero-order valence-corrected chi connectivity index (χ0v) is 9.33. The maximum atomic E-state index is 4.57. The Hall–Kier alpha value is -0.790. The van der Waals surface area contributed by atoms with E-state index in [4.69, 9.17) is 0 Å². The topological polar surface area (TPSA) is 17.8 Å². The third kappa shape index (κ3) is 2.33. The second kappa shape index (κ2) is 3.52. The van der Waals surface area contributed by atoms with E-state index in [-0.39, 0.29) is 5.41 Å². The van der Waals surface area contributed by atoms with Crippen molar-refractivity contribution >= 4 is 0 Å². The molecule has 0 spiro atoms. The third-order valence-electron chi connectivity index (χ3n) is 2.42. The van der Waals surface area contributed by atoms with Crippen molar-refractivity contribution < 1.29 is 0 Å². The summed E-state index contributed by atoms with van der Waals surface area (Å²) in [6, 6.07) is 2.63. The molecule has 0 bridgehead atoms. The summed E-state index contributed by atoms with van der Waals surface area (Å²) in [7, 11) is 0. The van der Waals surface area contributed by atoms with Crippen LogP contribution in [0.3, 0.4) is 0 Å². The van der Waals surface area contributed by atoms with Gasteiger partial charge in [-0.25, -0.2) is 0 Å². The summed E-state index contributed by atoms with van der Waals surface area (Å²) in [5.41, 5.74) is 1.34. The molecule has 1 unspecified atom stereocenters. The molecule has 0 aliphatic carbocycles. The summed E-state index contributed by atoms with van der Waals surface area (Å²) in [6.45, 7) is 10.9. The largest absolute Gasteiger partial charge is 0.270 e. The molecule has 1 aromatic rings. The van der Waals surface area contributed by atoms with Gasteiger partial charge in [-0.2, -0.15) is 5.10 Å². The van der Waals surface area contributed by atoms with Crippen LogP contribution in [0.2, 0.25) is 0 Å². The van der Waals surface area contributed by atoms with Crippen molar-refractivity contribution in [3.8, 4) is 0 Å². The van der Waals surface area contributed by atoms with Gasteiger partial charge >= 0.3 is 0 Å². The summed E-state index contributed by atoms with van der Waals surface area (Å²) in [5, 5.41) is 4.57. The predicted octanol–water partition coefficient (Wildman–Crippen LogP) is 3.15. The normalized spacial score (nSPS) is 14.5. The minimum absolute atomic E-state index is 0.165. The van der Waals surface area contributed by atoms with Gasteiger partial charge in [-0.1, -0.05) is 27.7 Å². The Morgan fingerprint density at radius 3 is 2.46 bits per heavy atom. The molecule has 0 saturated heterocycles. The molecule has 1 aromatic heterocycles. The summed E-state index contributed by atoms with van der Waals surface area (Å²) in [5.74, 6) is 0. The Labute approximate surface area is 81.0 Å². The van der Waals surface area contributed by atoms with Crippen molar-refractivity contribution in [2.24, 2.45) is 0 Å². The fourth-order valence-electron chi connectivity index (χ4n) is 1.17. The number of rotatable bonds is 2. The van der Waals surface area contributed by atoms with Crippen LogP contribution in [0.1, 0.15) is 52.8 Å². The lowest BCUT2D eigenvalue weighted by Crippen LogP contribution is -2.13. The van der Waals surface area contributed by atoms with Crippen molar-refractivity contribution in [1.82, 2.24) is 9.78 Å². The molecule has 2 heteroatoms. The Morgan fingerprint density at radius 2 is 2.08 bits per heavy atom. The molecule has 0 N–H and O–H groups in total. The highest BCUT2D eigenvalue weighted by molar-refractivity contribution is 5.10. The minimum Gasteiger partial charge on any atom is -0.270 e. The van der Waals surface area contributed by atoms with E-state index >= 15 is 0 Å². The monoisotopic (exact) mass is 180 g/mol. The van der Waals surface area contributed by atoms with Crippen LogP contribution in [-0.4, -0.2) is 9.78 Å². The molecule has 1 atom stereocenters. The molecule has 0 radical (unpaired) electrons. The molecule has 1 heterocycles. The van der Waals surface area contributed by atoms with Gasteiger partial charge in [-0.3, -0.25) is 4.68 Å². The Morgan fingerprint density at radius 1 is 1.46 bits per heavy atom. The first-order valence-corrected chi connectivity index (χ1v) is 5.00. The Balaban J connectivity index is 2.87. The van der Waals surface area contributed by atoms with E-state index < -0.39 is 0 Å². The highest BCUT2D eigenvalue weighted by Gasteiger charge is 2.17. The predicted molar refractivity (Wildman–Crippen MR) is 55.9 cm³/mol. The average molecular weight is 180 g/mol. The summed E-state index contributed by atoms with van der Waals surface area (Å²) in [4.78, 5) is 0. The molecular weight excluding hydrogens is 160 g/mol. The number of hydrogen-bond donors (Lipinski definition) is 0. The van der Waals surface area contributed by atoms with Gasteiger partial charge in [0.2, 0.25) is 0 Å². The van der Waals surface area contributed by atoms with Crippen molar-refractivity contribution in [2.45, 2.75) is 52.5 Å². The second-order valence-corrected chi connectivity index (χ2v) is 4.69. The van der Waals surface area contributed by atoms with Crippen LogP contribution in [0.15, 0.2) is 12.3 Å². The van der Waals surface area contributed by atoms with Crippen LogP contribution in [0, 0.1) is 0 Å². The molecule has 1 rings (SSSR count). The van der Waals surface area contributed by atoms with E-state index in [1.54, 1.807) is 0 Å². The van der Waals surface area contributed by atoms with Crippen LogP contribution in [0.25, 0.3) is 0 Å². The molecule has 0 aliphatic rings. The van der Waals surface area contributed by atoms with E-state index in [0.717, 1.165) is 6.42 Å². The number of nitrogens with zero attached hydrogens (tertiary/aromatic N) is 2. The van der Waals surface area contributed by atoms with Gasteiger partial charge in [-0.15, -0.1) is 0 Å². The van der Waals surface area contributed by atoms with Gasteiger partial charge in [-0.05, 0) is 19.4 Å². The molecule has 13 heavy (non-hydrogen) atoms. The first-order valence-electron chi connectivity index (χ1n) is 5.00.